The molecule has 3 unspecified atom stereocenters. The van der Waals surface area contributed by atoms with E-state index in [4.69, 9.17) is 9.47 Å². The van der Waals surface area contributed by atoms with E-state index in [-0.39, 0.29) is 12.4 Å². The molecule has 0 bridgehead atoms. The molecule has 2 rings (SSSR count). The minimum atomic E-state index is -0.220. The number of hydrogen-bond acceptors (Lipinski definition) is 2. The fourth-order valence-corrected chi connectivity index (χ4v) is 3.01. The molecular formula is C19H28O2. The molecule has 1 aliphatic heterocycles. The van der Waals surface area contributed by atoms with Gasteiger partial charge in [-0.1, -0.05) is 64.6 Å². The van der Waals surface area contributed by atoms with Gasteiger partial charge in [-0.2, -0.15) is 0 Å². The zero-order chi connectivity index (χ0) is 15.4. The van der Waals surface area contributed by atoms with E-state index in [1.54, 1.807) is 0 Å². The monoisotopic (exact) mass is 288 g/mol. The van der Waals surface area contributed by atoms with E-state index in [1.807, 2.05) is 6.08 Å². The molecule has 21 heavy (non-hydrogen) atoms. The van der Waals surface area contributed by atoms with Crippen LogP contribution in [-0.4, -0.2) is 12.7 Å². The van der Waals surface area contributed by atoms with Gasteiger partial charge in [-0.15, -0.1) is 0 Å². The molecule has 1 fully saturated rings. The summed E-state index contributed by atoms with van der Waals surface area (Å²) < 4.78 is 12.1. The van der Waals surface area contributed by atoms with E-state index in [0.717, 1.165) is 11.1 Å². The summed E-state index contributed by atoms with van der Waals surface area (Å²) in [7, 11) is 0. The third-order valence-corrected chi connectivity index (χ3v) is 4.23. The molecule has 1 aromatic carbocycles. The van der Waals surface area contributed by atoms with Gasteiger partial charge in [0.05, 0.1) is 12.7 Å². The molecule has 1 aromatic rings. The maximum absolute atomic E-state index is 6.20. The lowest BCUT2D eigenvalue weighted by atomic mass is 9.83. The second-order valence-corrected chi connectivity index (χ2v) is 6.75. The molecular weight excluding hydrogens is 260 g/mol. The molecule has 0 radical (unpaired) electrons. The van der Waals surface area contributed by atoms with Gasteiger partial charge in [0.2, 0.25) is 0 Å². The first kappa shape index (κ1) is 16.3. The number of ether oxygens (including phenoxy) is 2. The first-order valence-electron chi connectivity index (χ1n) is 8.00. The highest BCUT2D eigenvalue weighted by Crippen LogP contribution is 2.35. The third-order valence-electron chi connectivity index (χ3n) is 4.23. The second-order valence-electron chi connectivity index (χ2n) is 6.75. The quantitative estimate of drug-likeness (QED) is 0.728. The Balaban J connectivity index is 2.02. The number of rotatable bonds is 6. The fourth-order valence-electron chi connectivity index (χ4n) is 3.01. The Labute approximate surface area is 129 Å². The highest BCUT2D eigenvalue weighted by atomic mass is 16.7. The molecule has 1 heterocycles. The summed E-state index contributed by atoms with van der Waals surface area (Å²) in [6.45, 7) is 13.6. The van der Waals surface area contributed by atoms with Crippen molar-refractivity contribution in [1.29, 1.82) is 0 Å². The van der Waals surface area contributed by atoms with Crippen molar-refractivity contribution in [3.63, 3.8) is 0 Å². The van der Waals surface area contributed by atoms with Crippen LogP contribution in [0.3, 0.4) is 0 Å². The predicted molar refractivity (Wildman–Crippen MR) is 87.9 cm³/mol. The first-order chi connectivity index (χ1) is 10.0. The molecule has 2 nitrogen and oxygen atoms in total. The van der Waals surface area contributed by atoms with Crippen molar-refractivity contribution in [3.05, 3.63) is 42.0 Å². The molecule has 1 aliphatic rings. The molecule has 0 amide bonds. The summed E-state index contributed by atoms with van der Waals surface area (Å²) in [5.74, 6) is 1.86. The highest BCUT2D eigenvalue weighted by molar-refractivity contribution is 5.47. The maximum Gasteiger partial charge on any atom is 0.184 e. The largest absolute Gasteiger partial charge is 0.346 e. The lowest BCUT2D eigenvalue weighted by Crippen LogP contribution is -2.28. The van der Waals surface area contributed by atoms with E-state index in [1.165, 1.54) is 6.42 Å². The van der Waals surface area contributed by atoms with Gasteiger partial charge in [0.1, 0.15) is 0 Å². The molecule has 2 heteroatoms. The molecule has 116 valence electrons. The van der Waals surface area contributed by atoms with Crippen LogP contribution >= 0.6 is 0 Å². The second kappa shape index (κ2) is 7.24. The van der Waals surface area contributed by atoms with Crippen LogP contribution in [-0.2, 0) is 9.47 Å². The highest BCUT2D eigenvalue weighted by Gasteiger charge is 2.34. The Kier molecular flexibility index (Phi) is 5.60. The Bertz CT molecular complexity index is 447. The average molecular weight is 288 g/mol. The summed E-state index contributed by atoms with van der Waals surface area (Å²) in [6.07, 6.45) is 3.02. The summed E-state index contributed by atoms with van der Waals surface area (Å²) >= 11 is 0. The van der Waals surface area contributed by atoms with E-state index < -0.39 is 0 Å². The van der Waals surface area contributed by atoms with Crippen LogP contribution in [0.25, 0.3) is 6.08 Å². The van der Waals surface area contributed by atoms with Gasteiger partial charge >= 0.3 is 0 Å². The van der Waals surface area contributed by atoms with Crippen molar-refractivity contribution in [3.8, 4) is 0 Å². The molecule has 0 saturated carbocycles. The van der Waals surface area contributed by atoms with Gasteiger partial charge in [0.25, 0.3) is 0 Å². The molecule has 0 aliphatic carbocycles. The van der Waals surface area contributed by atoms with Gasteiger partial charge in [-0.3, -0.25) is 0 Å². The van der Waals surface area contributed by atoms with Crippen LogP contribution in [0.1, 0.15) is 51.5 Å². The Morgan fingerprint density at radius 1 is 1.19 bits per heavy atom. The molecule has 3 atom stereocenters. The Hall–Kier alpha value is -1.12. The van der Waals surface area contributed by atoms with Gasteiger partial charge in [0, 0.05) is 5.56 Å². The SMILES string of the molecule is C=Cc1ccc(C2OCC(C(CC(C)C)C(C)C)O2)cc1. The van der Waals surface area contributed by atoms with E-state index in [2.05, 4.69) is 58.5 Å². The summed E-state index contributed by atoms with van der Waals surface area (Å²) in [5, 5.41) is 0. The molecule has 0 N–H and O–H groups in total. The zero-order valence-electron chi connectivity index (χ0n) is 13.7. The first-order valence-corrected chi connectivity index (χ1v) is 8.00. The van der Waals surface area contributed by atoms with Crippen LogP contribution < -0.4 is 0 Å². The van der Waals surface area contributed by atoms with Crippen molar-refractivity contribution in [1.82, 2.24) is 0 Å². The van der Waals surface area contributed by atoms with Gasteiger partial charge in [-0.25, -0.2) is 0 Å². The van der Waals surface area contributed by atoms with Crippen LogP contribution in [0.2, 0.25) is 0 Å². The van der Waals surface area contributed by atoms with Gasteiger partial charge < -0.3 is 9.47 Å². The fraction of sp³-hybridized carbons (Fsp3) is 0.579. The number of hydrogen-bond donors (Lipinski definition) is 0. The van der Waals surface area contributed by atoms with Crippen LogP contribution in [0.5, 0.6) is 0 Å². The zero-order valence-corrected chi connectivity index (χ0v) is 13.7. The normalized spacial score (nSPS) is 23.7. The molecule has 1 saturated heterocycles. The van der Waals surface area contributed by atoms with Crippen molar-refractivity contribution < 1.29 is 9.47 Å². The summed E-state index contributed by atoms with van der Waals surface area (Å²) in [6, 6.07) is 8.24. The van der Waals surface area contributed by atoms with E-state index in [0.29, 0.717) is 24.4 Å². The standard InChI is InChI=1S/C19H28O2/c1-6-15-7-9-16(10-8-15)19-20-12-18(21-19)17(14(4)5)11-13(2)3/h6-10,13-14,17-19H,1,11-12H2,2-5H3. The summed E-state index contributed by atoms with van der Waals surface area (Å²) in [5.41, 5.74) is 2.21. The Morgan fingerprint density at radius 2 is 1.86 bits per heavy atom. The topological polar surface area (TPSA) is 18.5 Å². The van der Waals surface area contributed by atoms with Crippen molar-refractivity contribution >= 4 is 6.08 Å². The van der Waals surface area contributed by atoms with Crippen molar-refractivity contribution in [2.75, 3.05) is 6.61 Å². The van der Waals surface area contributed by atoms with Crippen molar-refractivity contribution in [2.24, 2.45) is 17.8 Å². The van der Waals surface area contributed by atoms with Crippen LogP contribution in [0.15, 0.2) is 30.8 Å². The Morgan fingerprint density at radius 3 is 2.38 bits per heavy atom. The number of benzene rings is 1. The molecule has 0 aromatic heterocycles. The molecule has 0 spiro atoms. The average Bonchev–Trinajstić information content (AvgIpc) is 2.94. The predicted octanol–water partition coefficient (Wildman–Crippen LogP) is 5.06. The third kappa shape index (κ3) is 4.18. The van der Waals surface area contributed by atoms with Crippen LogP contribution in [0, 0.1) is 17.8 Å². The van der Waals surface area contributed by atoms with Crippen molar-refractivity contribution in [2.45, 2.75) is 46.5 Å². The minimum absolute atomic E-state index is 0.205. The summed E-state index contributed by atoms with van der Waals surface area (Å²) in [4.78, 5) is 0. The van der Waals surface area contributed by atoms with Gasteiger partial charge in [0.15, 0.2) is 6.29 Å². The van der Waals surface area contributed by atoms with Gasteiger partial charge in [-0.05, 0) is 29.7 Å². The lowest BCUT2D eigenvalue weighted by Gasteiger charge is -2.27. The minimum Gasteiger partial charge on any atom is -0.346 e. The van der Waals surface area contributed by atoms with Crippen LogP contribution in [0.4, 0.5) is 0 Å². The maximum atomic E-state index is 6.20. The van der Waals surface area contributed by atoms with E-state index >= 15 is 0 Å². The van der Waals surface area contributed by atoms with E-state index in [9.17, 15) is 0 Å². The lowest BCUT2D eigenvalue weighted by molar-refractivity contribution is -0.0750. The smallest absolute Gasteiger partial charge is 0.184 e.